The van der Waals surface area contributed by atoms with Crippen LogP contribution >= 0.6 is 0 Å². The molecule has 0 radical (unpaired) electrons. The molecule has 0 bridgehead atoms. The quantitative estimate of drug-likeness (QED) is 0.415. The highest BCUT2D eigenvalue weighted by molar-refractivity contribution is 8.09. The first-order chi connectivity index (χ1) is 18.3. The van der Waals surface area contributed by atoms with E-state index in [2.05, 4.69) is 10.6 Å². The fourth-order valence-corrected chi connectivity index (χ4v) is 7.68. The second kappa shape index (κ2) is 11.5. The van der Waals surface area contributed by atoms with E-state index in [-0.39, 0.29) is 27.5 Å². The standard InChI is InChI=1S/C25H37F2N5O6S2/c1-15(2)28-24(33)38-18-10-8-16(12-18)20-14-22(31(30-20)25(3,4)5)29-17-9-11-21(19(13-17)23(26)27)32(39(6,34)35)40(7,36)37/h9,11,13-16,18,23,29H,8,10,12H2,1-7H3,(H,28,33)/t16-,18+/m0/s1. The third-order valence-electron chi connectivity index (χ3n) is 6.18. The number of hydrogen-bond acceptors (Lipinski definition) is 8. The molecular weight excluding hydrogens is 568 g/mol. The van der Waals surface area contributed by atoms with Crippen molar-refractivity contribution in [2.24, 2.45) is 0 Å². The molecule has 2 atom stereocenters. The summed E-state index contributed by atoms with van der Waals surface area (Å²) >= 11 is 0. The molecule has 1 amide bonds. The molecule has 15 heteroatoms. The van der Waals surface area contributed by atoms with Crippen LogP contribution in [0.15, 0.2) is 24.3 Å². The number of amides is 1. The van der Waals surface area contributed by atoms with Crippen molar-refractivity contribution in [3.05, 3.63) is 35.5 Å². The van der Waals surface area contributed by atoms with E-state index in [9.17, 15) is 30.4 Å². The Morgan fingerprint density at radius 3 is 2.25 bits per heavy atom. The van der Waals surface area contributed by atoms with Gasteiger partial charge in [0.2, 0.25) is 20.0 Å². The van der Waals surface area contributed by atoms with Gasteiger partial charge in [-0.1, -0.05) is 0 Å². The van der Waals surface area contributed by atoms with Crippen LogP contribution in [0.5, 0.6) is 0 Å². The second-order valence-corrected chi connectivity index (χ2v) is 15.2. The molecule has 1 heterocycles. The summed E-state index contributed by atoms with van der Waals surface area (Å²) < 4.78 is 84.1. The van der Waals surface area contributed by atoms with Crippen molar-refractivity contribution < 1.29 is 35.1 Å². The summed E-state index contributed by atoms with van der Waals surface area (Å²) in [5.41, 5.74) is -0.969. The molecule has 0 saturated heterocycles. The van der Waals surface area contributed by atoms with Crippen molar-refractivity contribution in [3.8, 4) is 0 Å². The zero-order chi connectivity index (χ0) is 30.2. The van der Waals surface area contributed by atoms with Gasteiger partial charge in [-0.25, -0.2) is 35.1 Å². The van der Waals surface area contributed by atoms with Gasteiger partial charge in [0.05, 0.1) is 29.4 Å². The number of alkyl halides is 2. The van der Waals surface area contributed by atoms with E-state index in [0.29, 0.717) is 31.2 Å². The van der Waals surface area contributed by atoms with E-state index in [0.717, 1.165) is 24.2 Å². The normalized spacial score (nSPS) is 18.3. The maximum absolute atomic E-state index is 14.1. The zero-order valence-electron chi connectivity index (χ0n) is 23.6. The van der Waals surface area contributed by atoms with Crippen LogP contribution in [0.25, 0.3) is 0 Å². The SMILES string of the molecule is CC(C)NC(=O)O[C@@H]1CC[C@H](c2cc(Nc3ccc(N(S(C)(=O)=O)S(C)(=O)=O)c(C(F)F)c3)n(C(C)(C)C)n2)C1. The monoisotopic (exact) mass is 605 g/mol. The predicted octanol–water partition coefficient (Wildman–Crippen LogP) is 4.82. The van der Waals surface area contributed by atoms with E-state index in [1.54, 1.807) is 4.68 Å². The molecule has 40 heavy (non-hydrogen) atoms. The first kappa shape index (κ1) is 31.6. The Morgan fingerprint density at radius 1 is 1.10 bits per heavy atom. The summed E-state index contributed by atoms with van der Waals surface area (Å²) in [6.45, 7) is 9.47. The van der Waals surface area contributed by atoms with Crippen LogP contribution in [0.3, 0.4) is 0 Å². The van der Waals surface area contributed by atoms with Crippen molar-refractivity contribution >= 4 is 43.3 Å². The molecule has 0 spiro atoms. The summed E-state index contributed by atoms with van der Waals surface area (Å²) in [6, 6.07) is 5.15. The topological polar surface area (TPSA) is 140 Å². The molecule has 0 unspecified atom stereocenters. The summed E-state index contributed by atoms with van der Waals surface area (Å²) in [7, 11) is -8.82. The molecule has 224 valence electrons. The number of carbonyl (C=O) groups excluding carboxylic acids is 1. The molecule has 1 fully saturated rings. The zero-order valence-corrected chi connectivity index (χ0v) is 25.2. The molecule has 1 aromatic carbocycles. The fraction of sp³-hybridized carbons (Fsp3) is 0.600. The lowest BCUT2D eigenvalue weighted by molar-refractivity contribution is 0.0981. The maximum atomic E-state index is 14.1. The second-order valence-electron chi connectivity index (χ2n) is 11.3. The van der Waals surface area contributed by atoms with E-state index in [1.807, 2.05) is 40.7 Å². The Hall–Kier alpha value is -2.94. The summed E-state index contributed by atoms with van der Waals surface area (Å²) in [5, 5.41) is 10.6. The average Bonchev–Trinajstić information content (AvgIpc) is 3.39. The van der Waals surface area contributed by atoms with Gasteiger partial charge in [0.15, 0.2) is 0 Å². The highest BCUT2D eigenvalue weighted by Crippen LogP contribution is 2.39. The molecule has 1 aromatic heterocycles. The number of nitrogens with zero attached hydrogens (tertiary/aromatic N) is 3. The van der Waals surface area contributed by atoms with Gasteiger partial charge >= 0.3 is 6.09 Å². The van der Waals surface area contributed by atoms with Gasteiger partial charge in [-0.3, -0.25) is 0 Å². The molecule has 11 nitrogen and oxygen atoms in total. The highest BCUT2D eigenvalue weighted by atomic mass is 32.3. The van der Waals surface area contributed by atoms with Crippen LogP contribution in [0.4, 0.5) is 30.8 Å². The number of halogens is 2. The fourth-order valence-electron chi connectivity index (χ4n) is 4.66. The van der Waals surface area contributed by atoms with E-state index in [4.69, 9.17) is 9.84 Å². The van der Waals surface area contributed by atoms with Crippen molar-refractivity contribution in [2.45, 2.75) is 83.9 Å². The third kappa shape index (κ3) is 7.62. The number of sulfonamides is 2. The molecule has 2 N–H and O–H groups in total. The molecule has 0 aliphatic heterocycles. The largest absolute Gasteiger partial charge is 0.446 e. The molecule has 1 aliphatic carbocycles. The Kier molecular flexibility index (Phi) is 9.09. The summed E-state index contributed by atoms with van der Waals surface area (Å²) in [5.74, 6) is 0.513. The minimum atomic E-state index is -4.41. The molecule has 1 saturated carbocycles. The molecular formula is C25H37F2N5O6S2. The summed E-state index contributed by atoms with van der Waals surface area (Å²) in [4.78, 5) is 12.0. The first-order valence-electron chi connectivity index (χ1n) is 12.7. The average molecular weight is 606 g/mol. The number of carbonyl (C=O) groups is 1. The van der Waals surface area contributed by atoms with Gasteiger partial charge in [-0.05, 0) is 72.1 Å². The van der Waals surface area contributed by atoms with Crippen LogP contribution < -0.4 is 14.3 Å². The van der Waals surface area contributed by atoms with Crippen LogP contribution in [0.1, 0.15) is 77.5 Å². The Labute approximate surface area is 234 Å². The third-order valence-corrected chi connectivity index (χ3v) is 9.40. The number of nitrogens with one attached hydrogen (secondary N) is 2. The minimum absolute atomic E-state index is 0.00278. The lowest BCUT2D eigenvalue weighted by atomic mass is 10.0. The lowest BCUT2D eigenvalue weighted by Gasteiger charge is -2.24. The number of alkyl carbamates (subject to hydrolysis) is 1. The van der Waals surface area contributed by atoms with Crippen molar-refractivity contribution in [3.63, 3.8) is 0 Å². The molecule has 1 aliphatic rings. The van der Waals surface area contributed by atoms with Gasteiger partial charge in [0, 0.05) is 29.3 Å². The van der Waals surface area contributed by atoms with Gasteiger partial charge in [0.1, 0.15) is 11.9 Å². The van der Waals surface area contributed by atoms with E-state index >= 15 is 0 Å². The van der Waals surface area contributed by atoms with Crippen molar-refractivity contribution in [2.75, 3.05) is 21.5 Å². The smallest absolute Gasteiger partial charge is 0.407 e. The van der Waals surface area contributed by atoms with Gasteiger partial charge in [-0.2, -0.15) is 8.81 Å². The number of ether oxygens (including phenoxy) is 1. The molecule has 3 rings (SSSR count). The van der Waals surface area contributed by atoms with Crippen LogP contribution in [-0.2, 0) is 30.3 Å². The molecule has 2 aromatic rings. The van der Waals surface area contributed by atoms with Gasteiger partial charge < -0.3 is 15.4 Å². The number of benzene rings is 1. The van der Waals surface area contributed by atoms with Gasteiger partial charge in [-0.15, -0.1) is 0 Å². The highest BCUT2D eigenvalue weighted by Gasteiger charge is 2.34. The number of anilines is 3. The summed E-state index contributed by atoms with van der Waals surface area (Å²) in [6.07, 6.45) is -0.602. The van der Waals surface area contributed by atoms with Crippen LogP contribution in [0, 0.1) is 0 Å². The lowest BCUT2D eigenvalue weighted by Crippen LogP contribution is -2.36. The Morgan fingerprint density at radius 2 is 1.73 bits per heavy atom. The van der Waals surface area contributed by atoms with E-state index < -0.39 is 49.4 Å². The Balaban J connectivity index is 1.93. The predicted molar refractivity (Wildman–Crippen MR) is 149 cm³/mol. The van der Waals surface area contributed by atoms with Crippen molar-refractivity contribution in [1.82, 2.24) is 15.1 Å². The van der Waals surface area contributed by atoms with Crippen molar-refractivity contribution in [1.29, 1.82) is 0 Å². The Bertz CT molecular complexity index is 1420. The number of aromatic nitrogens is 2. The maximum Gasteiger partial charge on any atom is 0.407 e. The minimum Gasteiger partial charge on any atom is -0.446 e. The van der Waals surface area contributed by atoms with Crippen LogP contribution in [0.2, 0.25) is 0 Å². The van der Waals surface area contributed by atoms with Crippen LogP contribution in [-0.4, -0.2) is 57.4 Å². The number of hydrogen-bond donors (Lipinski definition) is 2. The first-order valence-corrected chi connectivity index (χ1v) is 16.4. The van der Waals surface area contributed by atoms with E-state index in [1.165, 1.54) is 6.07 Å². The number of rotatable bonds is 9. The van der Waals surface area contributed by atoms with Gasteiger partial charge in [0.25, 0.3) is 6.43 Å².